The molecule has 180 valence electrons. The molecular weight excluding hydrogens is 440 g/mol. The van der Waals surface area contributed by atoms with Gasteiger partial charge in [-0.15, -0.1) is 0 Å². The molecule has 35 heavy (non-hydrogen) atoms. The van der Waals surface area contributed by atoms with Crippen LogP contribution in [0.1, 0.15) is 58.4 Å². The Balaban J connectivity index is 1.66. The quantitative estimate of drug-likeness (QED) is 0.348. The van der Waals surface area contributed by atoms with Crippen LogP contribution in [-0.2, 0) is 22.4 Å². The zero-order valence-corrected chi connectivity index (χ0v) is 20.3. The van der Waals surface area contributed by atoms with Gasteiger partial charge in [-0.2, -0.15) is 0 Å². The Labute approximate surface area is 203 Å². The van der Waals surface area contributed by atoms with Gasteiger partial charge in [0.1, 0.15) is 0 Å². The van der Waals surface area contributed by atoms with E-state index < -0.39 is 5.97 Å². The number of aromatic amines is 3. The monoisotopic (exact) mass is 470 g/mol. The molecule has 0 fully saturated rings. The number of nitrogens with one attached hydrogen (secondary N) is 4. The topological polar surface area (TPSA) is 114 Å². The van der Waals surface area contributed by atoms with Gasteiger partial charge in [0.05, 0.1) is 0 Å². The Morgan fingerprint density at radius 1 is 1.11 bits per heavy atom. The molecule has 4 rings (SSSR count). The molecule has 1 aliphatic rings. The molecule has 0 unspecified atom stereocenters. The van der Waals surface area contributed by atoms with Crippen LogP contribution in [-0.4, -0.2) is 31.9 Å². The third-order valence-electron chi connectivity index (χ3n) is 6.31. The summed E-state index contributed by atoms with van der Waals surface area (Å²) >= 11 is 0. The van der Waals surface area contributed by atoms with Gasteiger partial charge in [-0.05, 0) is 74.2 Å². The average molecular weight is 471 g/mol. The smallest absolute Gasteiger partial charge is 0.303 e. The second kappa shape index (κ2) is 9.54. The maximum atomic E-state index is 11.8. The average Bonchev–Trinajstić information content (AvgIpc) is 3.49. The number of aryl methyl sites for hydroxylation is 2. The number of allylic oxidation sites excluding steroid dienone is 1. The number of carboxylic acid groups (broad SMARTS) is 1. The third-order valence-corrected chi connectivity index (χ3v) is 6.31. The molecule has 0 aromatic carbocycles. The number of carbonyl (C=O) groups excluding carboxylic acids is 1. The molecule has 3 aromatic rings. The molecule has 5 N–H and O–H groups in total. The number of rotatable bonds is 8. The Hall–Kier alpha value is -4.26. The molecule has 0 saturated carbocycles. The Kier molecular flexibility index (Phi) is 6.51. The van der Waals surface area contributed by atoms with Crippen molar-refractivity contribution in [2.75, 3.05) is 0 Å². The molecule has 4 heterocycles. The van der Waals surface area contributed by atoms with Crippen LogP contribution in [0.15, 0.2) is 36.1 Å². The predicted molar refractivity (Wildman–Crippen MR) is 139 cm³/mol. The summed E-state index contributed by atoms with van der Waals surface area (Å²) in [4.78, 5) is 33.2. The summed E-state index contributed by atoms with van der Waals surface area (Å²) in [6.07, 6.45) is 8.64. The predicted octanol–water partition coefficient (Wildman–Crippen LogP) is 3.19. The molecular formula is C28H30N4O3. The number of carboxylic acids is 1. The molecule has 7 heteroatoms. The lowest BCUT2D eigenvalue weighted by atomic mass is 10.1. The Morgan fingerprint density at radius 3 is 2.51 bits per heavy atom. The van der Waals surface area contributed by atoms with Gasteiger partial charge in [0, 0.05) is 63.1 Å². The number of hydrogen-bond donors (Lipinski definition) is 5. The van der Waals surface area contributed by atoms with E-state index in [9.17, 15) is 14.7 Å². The molecule has 0 saturated heterocycles. The van der Waals surface area contributed by atoms with E-state index in [2.05, 4.69) is 39.5 Å². The van der Waals surface area contributed by atoms with Crippen LogP contribution in [0.2, 0.25) is 0 Å². The lowest BCUT2D eigenvalue weighted by molar-refractivity contribution is -0.137. The Morgan fingerprint density at radius 2 is 1.89 bits per heavy atom. The van der Waals surface area contributed by atoms with Gasteiger partial charge in [-0.3, -0.25) is 9.59 Å². The summed E-state index contributed by atoms with van der Waals surface area (Å²) in [6, 6.07) is 4.08. The summed E-state index contributed by atoms with van der Waals surface area (Å²) < 4.78 is 0. The summed E-state index contributed by atoms with van der Waals surface area (Å²) in [5.41, 5.74) is 9.29. The number of aliphatic carboxylic acids is 1. The van der Waals surface area contributed by atoms with Crippen LogP contribution < -0.4 is 16.0 Å². The number of H-pyrrole nitrogens is 3. The van der Waals surface area contributed by atoms with Gasteiger partial charge >= 0.3 is 5.97 Å². The summed E-state index contributed by atoms with van der Waals surface area (Å²) in [5, 5.41) is 13.8. The highest BCUT2D eigenvalue weighted by molar-refractivity contribution is 5.99. The largest absolute Gasteiger partial charge is 0.481 e. The fraction of sp³-hybridized carbons (Fsp3) is 0.214. The van der Waals surface area contributed by atoms with Crippen molar-refractivity contribution in [1.82, 2.24) is 20.3 Å². The minimum absolute atomic E-state index is 0.0575. The van der Waals surface area contributed by atoms with E-state index in [1.54, 1.807) is 13.0 Å². The van der Waals surface area contributed by atoms with Crippen molar-refractivity contribution < 1.29 is 14.7 Å². The number of amides is 1. The molecule has 0 radical (unpaired) electrons. The van der Waals surface area contributed by atoms with E-state index in [4.69, 9.17) is 0 Å². The summed E-state index contributed by atoms with van der Waals surface area (Å²) in [7, 11) is 0. The molecule has 0 aliphatic carbocycles. The van der Waals surface area contributed by atoms with Crippen LogP contribution in [0, 0.1) is 13.8 Å². The van der Waals surface area contributed by atoms with Crippen molar-refractivity contribution in [2.24, 2.45) is 0 Å². The fourth-order valence-corrected chi connectivity index (χ4v) is 4.42. The lowest BCUT2D eigenvalue weighted by Gasteiger charge is -2.02. The van der Waals surface area contributed by atoms with Crippen LogP contribution in [0.25, 0.3) is 24.8 Å². The molecule has 0 atom stereocenters. The van der Waals surface area contributed by atoms with Crippen molar-refractivity contribution >= 4 is 36.7 Å². The second-order valence-electron chi connectivity index (χ2n) is 8.98. The SMILES string of the molecule is C=Cc1c(C)/c(=C\c2cc(CCC(=O)O)c(Cc3cc(C)c(/C=C4\C=C(C)C(=O)N4)[nH]3)[nH]2)[nH]c1=C. The summed E-state index contributed by atoms with van der Waals surface area (Å²) in [6.45, 7) is 13.7. The van der Waals surface area contributed by atoms with Crippen LogP contribution in [0.5, 0.6) is 0 Å². The van der Waals surface area contributed by atoms with E-state index in [1.807, 2.05) is 38.1 Å². The minimum Gasteiger partial charge on any atom is -0.481 e. The first-order valence-corrected chi connectivity index (χ1v) is 11.5. The number of carbonyl (C=O) groups is 2. The highest BCUT2D eigenvalue weighted by atomic mass is 16.4. The van der Waals surface area contributed by atoms with Gasteiger partial charge in [0.15, 0.2) is 0 Å². The molecule has 1 aliphatic heterocycles. The maximum absolute atomic E-state index is 11.8. The van der Waals surface area contributed by atoms with Gasteiger partial charge in [-0.1, -0.05) is 19.2 Å². The fourth-order valence-electron chi connectivity index (χ4n) is 4.42. The van der Waals surface area contributed by atoms with E-state index >= 15 is 0 Å². The molecule has 7 nitrogen and oxygen atoms in total. The standard InChI is InChI=1S/C28H30N4O3/c1-6-23-17(4)25(29-18(23)5)13-22-11-19(7-8-27(33)34)26(31-22)14-20-9-15(2)24(30-20)12-21-10-16(3)28(35)32-21/h6,9-13,29-31H,1,5,7-8,14H2,2-4H3,(H,32,35)(H,33,34)/b21-12+,25-13+. The van der Waals surface area contributed by atoms with E-state index in [0.717, 1.165) is 61.4 Å². The van der Waals surface area contributed by atoms with E-state index in [1.165, 1.54) is 0 Å². The van der Waals surface area contributed by atoms with Crippen molar-refractivity contribution in [1.29, 1.82) is 0 Å². The molecule has 3 aromatic heterocycles. The van der Waals surface area contributed by atoms with E-state index in [-0.39, 0.29) is 12.3 Å². The van der Waals surface area contributed by atoms with Gasteiger partial charge in [0.25, 0.3) is 5.91 Å². The lowest BCUT2D eigenvalue weighted by Crippen LogP contribution is -2.15. The summed E-state index contributed by atoms with van der Waals surface area (Å²) in [5.74, 6) is -0.908. The second-order valence-corrected chi connectivity index (χ2v) is 8.98. The first kappa shape index (κ1) is 23.9. The van der Waals surface area contributed by atoms with Gasteiger partial charge in [-0.25, -0.2) is 0 Å². The first-order valence-electron chi connectivity index (χ1n) is 11.5. The maximum Gasteiger partial charge on any atom is 0.303 e. The normalized spacial score (nSPS) is 15.1. The van der Waals surface area contributed by atoms with Gasteiger partial charge in [0.2, 0.25) is 0 Å². The van der Waals surface area contributed by atoms with Gasteiger partial charge < -0.3 is 25.4 Å². The van der Waals surface area contributed by atoms with Crippen LogP contribution >= 0.6 is 0 Å². The van der Waals surface area contributed by atoms with Crippen LogP contribution in [0.3, 0.4) is 0 Å². The first-order chi connectivity index (χ1) is 16.6. The molecule has 0 spiro atoms. The van der Waals surface area contributed by atoms with Crippen molar-refractivity contribution in [3.8, 4) is 0 Å². The zero-order valence-electron chi connectivity index (χ0n) is 20.3. The Bertz CT molecular complexity index is 1510. The van der Waals surface area contributed by atoms with Crippen molar-refractivity contribution in [2.45, 2.75) is 40.0 Å². The number of aromatic nitrogens is 3. The highest BCUT2D eigenvalue weighted by Crippen LogP contribution is 2.22. The molecule has 0 bridgehead atoms. The zero-order chi connectivity index (χ0) is 25.3. The highest BCUT2D eigenvalue weighted by Gasteiger charge is 2.16. The van der Waals surface area contributed by atoms with Crippen molar-refractivity contribution in [3.63, 3.8) is 0 Å². The van der Waals surface area contributed by atoms with E-state index in [0.29, 0.717) is 18.4 Å². The van der Waals surface area contributed by atoms with Crippen LogP contribution in [0.4, 0.5) is 0 Å². The minimum atomic E-state index is -0.827. The van der Waals surface area contributed by atoms with Crippen molar-refractivity contribution in [3.05, 3.63) is 91.8 Å². The number of hydrogen-bond acceptors (Lipinski definition) is 2. The molecule has 1 amide bonds. The third kappa shape index (κ3) is 5.14.